The van der Waals surface area contributed by atoms with Gasteiger partial charge in [-0.1, -0.05) is 64.2 Å². The fraction of sp³-hybridized carbons (Fsp3) is 0.895. The van der Waals surface area contributed by atoms with Gasteiger partial charge in [-0.05, 0) is 12.8 Å². The fourth-order valence-electron chi connectivity index (χ4n) is 3.16. The first kappa shape index (κ1) is 26.8. The summed E-state index contributed by atoms with van der Waals surface area (Å²) >= 11 is 4.55. The minimum absolute atomic E-state index is 0.00654. The van der Waals surface area contributed by atoms with Crippen LogP contribution in [-0.4, -0.2) is 54.2 Å². The minimum Gasteiger partial charge on any atom is -0.780 e. The highest BCUT2D eigenvalue weighted by Gasteiger charge is 2.51. The SMILES string of the molecule is CCCCCCC(=O)C(C[N+](C)(C)C)(OP([O-])(O)=S)C(=O)CCCCCC. The predicted molar refractivity (Wildman–Crippen MR) is 111 cm³/mol. The van der Waals surface area contributed by atoms with Crippen LogP contribution in [0.5, 0.6) is 0 Å². The van der Waals surface area contributed by atoms with Crippen LogP contribution < -0.4 is 4.89 Å². The van der Waals surface area contributed by atoms with Crippen LogP contribution in [0, 0.1) is 0 Å². The Balaban J connectivity index is 5.61. The van der Waals surface area contributed by atoms with Crippen LogP contribution in [0.1, 0.15) is 78.1 Å². The van der Waals surface area contributed by atoms with Gasteiger partial charge in [-0.25, -0.2) is 0 Å². The molecule has 0 saturated carbocycles. The molecule has 0 aliphatic rings. The summed E-state index contributed by atoms with van der Waals surface area (Å²) in [5.41, 5.74) is -1.94. The van der Waals surface area contributed by atoms with Crippen molar-refractivity contribution in [3.63, 3.8) is 0 Å². The van der Waals surface area contributed by atoms with Gasteiger partial charge in [0.1, 0.15) is 13.3 Å². The lowest BCUT2D eigenvalue weighted by Gasteiger charge is -2.40. The van der Waals surface area contributed by atoms with Gasteiger partial charge in [-0.2, -0.15) is 0 Å². The fourth-order valence-corrected chi connectivity index (χ4v) is 4.19. The summed E-state index contributed by atoms with van der Waals surface area (Å²) in [7, 11) is 5.45. The second-order valence-corrected chi connectivity index (χ2v) is 10.8. The van der Waals surface area contributed by atoms with Gasteiger partial charge in [-0.3, -0.25) is 9.59 Å². The number of hydrogen-bond acceptors (Lipinski definition) is 5. The van der Waals surface area contributed by atoms with E-state index in [9.17, 15) is 19.4 Å². The summed E-state index contributed by atoms with van der Waals surface area (Å²) in [4.78, 5) is 47.8. The Kier molecular flexibility index (Phi) is 12.3. The number of Topliss-reactive ketones (excluding diaryl/α,β-unsaturated/α-hetero) is 2. The van der Waals surface area contributed by atoms with E-state index in [1.54, 1.807) is 0 Å². The Morgan fingerprint density at radius 3 is 1.67 bits per heavy atom. The maximum atomic E-state index is 13.1. The van der Waals surface area contributed by atoms with Gasteiger partial charge < -0.3 is 18.8 Å². The standard InChI is InChI=1S/C19H38NO5PS/c1-6-8-10-12-14-17(21)19(16-20(3,4)5,25-26(23,24)27)18(22)15-13-11-9-7-2/h6-16H2,1-5H3,(H-,23,24,27). The number of quaternary nitrogens is 1. The van der Waals surface area contributed by atoms with Crippen LogP contribution in [0.2, 0.25) is 0 Å². The molecule has 0 aliphatic carbocycles. The molecule has 1 atom stereocenters. The lowest BCUT2D eigenvalue weighted by molar-refractivity contribution is -0.874. The minimum atomic E-state index is -4.44. The van der Waals surface area contributed by atoms with E-state index < -0.39 is 23.9 Å². The Morgan fingerprint density at radius 1 is 0.963 bits per heavy atom. The highest BCUT2D eigenvalue weighted by Crippen LogP contribution is 2.40. The second kappa shape index (κ2) is 12.4. The molecule has 0 heterocycles. The van der Waals surface area contributed by atoms with E-state index in [-0.39, 0.29) is 23.9 Å². The van der Waals surface area contributed by atoms with Crippen LogP contribution in [0.25, 0.3) is 0 Å². The number of ketones is 2. The van der Waals surface area contributed by atoms with Gasteiger partial charge in [0, 0.05) is 12.8 Å². The zero-order valence-electron chi connectivity index (χ0n) is 17.7. The number of carbonyl (C=O) groups is 2. The number of likely N-dealkylation sites (N-methyl/N-ethyl adjacent to an activating group) is 1. The molecule has 1 N–H and O–H groups in total. The molecule has 0 aliphatic heterocycles. The second-order valence-electron chi connectivity index (χ2n) is 8.30. The Morgan fingerprint density at radius 2 is 1.37 bits per heavy atom. The van der Waals surface area contributed by atoms with Crippen molar-refractivity contribution < 1.29 is 28.4 Å². The van der Waals surface area contributed by atoms with E-state index in [4.69, 9.17) is 4.52 Å². The van der Waals surface area contributed by atoms with E-state index >= 15 is 0 Å². The quantitative estimate of drug-likeness (QED) is 0.178. The number of hydrogen-bond donors (Lipinski definition) is 1. The van der Waals surface area contributed by atoms with Crippen LogP contribution in [0.4, 0.5) is 0 Å². The first-order valence-electron chi connectivity index (χ1n) is 9.99. The largest absolute Gasteiger partial charge is 0.780 e. The zero-order chi connectivity index (χ0) is 21.1. The molecule has 160 valence electrons. The molecule has 0 rings (SSSR count). The molecular weight excluding hydrogens is 385 g/mol. The van der Waals surface area contributed by atoms with Crippen molar-refractivity contribution in [2.45, 2.75) is 83.7 Å². The van der Waals surface area contributed by atoms with Crippen molar-refractivity contribution in [2.24, 2.45) is 0 Å². The summed E-state index contributed by atoms with van der Waals surface area (Å²) in [5, 5.41) is 0. The maximum absolute atomic E-state index is 13.1. The summed E-state index contributed by atoms with van der Waals surface area (Å²) < 4.78 is 5.50. The molecule has 0 bridgehead atoms. The molecule has 8 heteroatoms. The molecule has 0 aromatic carbocycles. The molecule has 1 unspecified atom stereocenters. The normalized spacial score (nSPS) is 14.8. The third-order valence-electron chi connectivity index (χ3n) is 4.38. The highest BCUT2D eigenvalue weighted by atomic mass is 32.5. The third kappa shape index (κ3) is 11.4. The molecule has 0 fully saturated rings. The average Bonchev–Trinajstić information content (AvgIpc) is 2.51. The van der Waals surface area contributed by atoms with Gasteiger partial charge in [0.25, 0.3) is 0 Å². The number of carbonyl (C=O) groups excluding carboxylic acids is 2. The van der Waals surface area contributed by atoms with Gasteiger partial charge in [0.15, 0.2) is 11.6 Å². The molecule has 0 aromatic heterocycles. The molecule has 0 aromatic rings. The lowest BCUT2D eigenvalue weighted by atomic mass is 9.86. The highest BCUT2D eigenvalue weighted by molar-refractivity contribution is 8.06. The van der Waals surface area contributed by atoms with Crippen molar-refractivity contribution in [3.05, 3.63) is 0 Å². The van der Waals surface area contributed by atoms with Crippen molar-refractivity contribution in [3.8, 4) is 0 Å². The summed E-state index contributed by atoms with van der Waals surface area (Å²) in [6.45, 7) is -0.296. The van der Waals surface area contributed by atoms with Gasteiger partial charge in [0.05, 0.1) is 21.1 Å². The average molecular weight is 424 g/mol. The molecule has 0 amide bonds. The number of rotatable bonds is 16. The Bertz CT molecular complexity index is 489. The van der Waals surface area contributed by atoms with Gasteiger partial charge >= 0.3 is 0 Å². The van der Waals surface area contributed by atoms with Crippen LogP contribution in [0.3, 0.4) is 0 Å². The maximum Gasteiger partial charge on any atom is 0.238 e. The number of unbranched alkanes of at least 4 members (excludes halogenated alkanes) is 6. The van der Waals surface area contributed by atoms with Gasteiger partial charge in [-0.15, -0.1) is 0 Å². The Labute approximate surface area is 170 Å². The van der Waals surface area contributed by atoms with E-state index in [0.717, 1.165) is 38.5 Å². The molecule has 0 saturated heterocycles. The molecule has 0 spiro atoms. The molecular formula is C19H38NO5PS. The van der Waals surface area contributed by atoms with Crippen molar-refractivity contribution in [1.82, 2.24) is 0 Å². The van der Waals surface area contributed by atoms with E-state index in [1.807, 2.05) is 21.1 Å². The van der Waals surface area contributed by atoms with Crippen LogP contribution in [-0.2, 0) is 25.9 Å². The smallest absolute Gasteiger partial charge is 0.238 e. The van der Waals surface area contributed by atoms with Crippen LogP contribution >= 0.6 is 6.72 Å². The molecule has 0 radical (unpaired) electrons. The van der Waals surface area contributed by atoms with Crippen molar-refractivity contribution >= 4 is 30.1 Å². The summed E-state index contributed by atoms with van der Waals surface area (Å²) in [6.07, 6.45) is 7.37. The van der Waals surface area contributed by atoms with E-state index in [1.165, 1.54) is 0 Å². The van der Waals surface area contributed by atoms with Gasteiger partial charge in [0.2, 0.25) is 5.60 Å². The summed E-state index contributed by atoms with van der Waals surface area (Å²) in [5.74, 6) is -0.850. The van der Waals surface area contributed by atoms with Crippen molar-refractivity contribution in [2.75, 3.05) is 27.7 Å². The lowest BCUT2D eigenvalue weighted by Crippen LogP contribution is -2.60. The topological polar surface area (TPSA) is 86.7 Å². The van der Waals surface area contributed by atoms with Crippen molar-refractivity contribution in [1.29, 1.82) is 0 Å². The summed E-state index contributed by atoms with van der Waals surface area (Å²) in [6, 6.07) is 0. The number of nitrogens with zero attached hydrogens (tertiary/aromatic N) is 1. The first-order valence-corrected chi connectivity index (χ1v) is 12.6. The first-order chi connectivity index (χ1) is 12.4. The van der Waals surface area contributed by atoms with E-state index in [2.05, 4.69) is 25.7 Å². The van der Waals surface area contributed by atoms with Crippen LogP contribution in [0.15, 0.2) is 0 Å². The predicted octanol–water partition coefficient (Wildman–Crippen LogP) is 3.10. The third-order valence-corrected chi connectivity index (χ3v) is 5.15. The monoisotopic (exact) mass is 423 g/mol. The molecule has 27 heavy (non-hydrogen) atoms. The zero-order valence-corrected chi connectivity index (χ0v) is 19.4. The molecule has 6 nitrogen and oxygen atoms in total. The van der Waals surface area contributed by atoms with E-state index in [0.29, 0.717) is 12.8 Å². The Hall–Kier alpha value is -0.170.